The summed E-state index contributed by atoms with van der Waals surface area (Å²) < 4.78 is 0.653. The first-order chi connectivity index (χ1) is 7.66. The zero-order valence-corrected chi connectivity index (χ0v) is 11.9. The first-order valence-electron chi connectivity index (χ1n) is 5.44. The Morgan fingerprint density at radius 1 is 1.59 bits per heavy atom. The Morgan fingerprint density at radius 3 is 2.94 bits per heavy atom. The van der Waals surface area contributed by atoms with Crippen LogP contribution < -0.4 is 10.6 Å². The highest BCUT2D eigenvalue weighted by atomic mass is 35.5. The molecule has 1 aromatic heterocycles. The lowest BCUT2D eigenvalue weighted by Crippen LogP contribution is -2.50. The number of rotatable bonds is 2. The number of thiophene rings is 1. The molecule has 2 rings (SSSR count). The van der Waals surface area contributed by atoms with Crippen LogP contribution >= 0.6 is 35.3 Å². The summed E-state index contributed by atoms with van der Waals surface area (Å²) in [6.45, 7) is 4.07. The van der Waals surface area contributed by atoms with Crippen molar-refractivity contribution in [3.05, 3.63) is 21.3 Å². The van der Waals surface area contributed by atoms with Crippen LogP contribution in [-0.2, 0) is 0 Å². The maximum atomic E-state index is 11.9. The fraction of sp³-hybridized carbons (Fsp3) is 0.545. The van der Waals surface area contributed by atoms with Gasteiger partial charge in [0.15, 0.2) is 0 Å². The zero-order valence-electron chi connectivity index (χ0n) is 9.53. The van der Waals surface area contributed by atoms with Crippen LogP contribution in [0.3, 0.4) is 0 Å². The van der Waals surface area contributed by atoms with E-state index in [2.05, 4.69) is 17.6 Å². The van der Waals surface area contributed by atoms with Crippen molar-refractivity contribution in [1.82, 2.24) is 10.6 Å². The lowest BCUT2D eigenvalue weighted by molar-refractivity contribution is 0.0919. The SMILES string of the molecule is CC1CCNCC1NC(=O)c1ccc(Cl)s1.Cl. The van der Waals surface area contributed by atoms with E-state index in [1.54, 1.807) is 12.1 Å². The molecule has 17 heavy (non-hydrogen) atoms. The molecule has 0 spiro atoms. The van der Waals surface area contributed by atoms with Crippen LogP contribution in [-0.4, -0.2) is 25.0 Å². The molecule has 1 aromatic rings. The minimum atomic E-state index is -0.0162. The summed E-state index contributed by atoms with van der Waals surface area (Å²) in [7, 11) is 0. The molecule has 96 valence electrons. The fourth-order valence-corrected chi connectivity index (χ4v) is 2.81. The minimum Gasteiger partial charge on any atom is -0.347 e. The van der Waals surface area contributed by atoms with Crippen molar-refractivity contribution in [2.45, 2.75) is 19.4 Å². The van der Waals surface area contributed by atoms with Crippen LogP contribution in [0.5, 0.6) is 0 Å². The Labute approximate surface area is 116 Å². The Bertz CT molecular complexity index is 383. The van der Waals surface area contributed by atoms with Gasteiger partial charge in [0, 0.05) is 12.6 Å². The highest BCUT2D eigenvalue weighted by Crippen LogP contribution is 2.21. The maximum Gasteiger partial charge on any atom is 0.261 e. The van der Waals surface area contributed by atoms with Crippen molar-refractivity contribution in [1.29, 1.82) is 0 Å². The topological polar surface area (TPSA) is 41.1 Å². The molecular formula is C11H16Cl2N2OS. The first kappa shape index (κ1) is 14.8. The Kier molecular flexibility index (Phi) is 5.73. The fourth-order valence-electron chi connectivity index (χ4n) is 1.86. The highest BCUT2D eigenvalue weighted by Gasteiger charge is 2.23. The third-order valence-corrected chi connectivity index (χ3v) is 4.17. The average molecular weight is 295 g/mol. The van der Waals surface area contributed by atoms with Gasteiger partial charge in [0.1, 0.15) is 0 Å². The molecule has 3 nitrogen and oxygen atoms in total. The molecular weight excluding hydrogens is 279 g/mol. The summed E-state index contributed by atoms with van der Waals surface area (Å²) in [6, 6.07) is 3.74. The zero-order chi connectivity index (χ0) is 11.5. The van der Waals surface area contributed by atoms with Gasteiger partial charge < -0.3 is 10.6 Å². The van der Waals surface area contributed by atoms with E-state index < -0.39 is 0 Å². The van der Waals surface area contributed by atoms with E-state index in [-0.39, 0.29) is 24.4 Å². The molecule has 1 aliphatic heterocycles. The molecule has 0 bridgehead atoms. The molecule has 0 aliphatic carbocycles. The molecule has 0 radical (unpaired) electrons. The minimum absolute atomic E-state index is 0. The van der Waals surface area contributed by atoms with Crippen LogP contribution in [0.1, 0.15) is 23.0 Å². The number of hydrogen-bond donors (Lipinski definition) is 2. The van der Waals surface area contributed by atoms with Crippen molar-refractivity contribution in [3.8, 4) is 0 Å². The van der Waals surface area contributed by atoms with Gasteiger partial charge in [-0.2, -0.15) is 0 Å². The lowest BCUT2D eigenvalue weighted by atomic mass is 9.95. The molecule has 2 unspecified atom stereocenters. The van der Waals surface area contributed by atoms with Gasteiger partial charge in [-0.1, -0.05) is 18.5 Å². The van der Waals surface area contributed by atoms with E-state index in [0.29, 0.717) is 15.1 Å². The monoisotopic (exact) mass is 294 g/mol. The molecule has 1 saturated heterocycles. The van der Waals surface area contributed by atoms with Crippen molar-refractivity contribution in [2.75, 3.05) is 13.1 Å². The maximum absolute atomic E-state index is 11.9. The molecule has 0 aromatic carbocycles. The predicted octanol–water partition coefficient (Wildman–Crippen LogP) is 2.55. The quantitative estimate of drug-likeness (QED) is 0.880. The molecule has 6 heteroatoms. The van der Waals surface area contributed by atoms with Crippen molar-refractivity contribution < 1.29 is 4.79 Å². The number of carbonyl (C=O) groups is 1. The van der Waals surface area contributed by atoms with Crippen molar-refractivity contribution >= 4 is 41.3 Å². The predicted molar refractivity (Wildman–Crippen MR) is 74.5 cm³/mol. The smallest absolute Gasteiger partial charge is 0.261 e. The van der Waals surface area contributed by atoms with Gasteiger partial charge in [-0.05, 0) is 31.0 Å². The number of halogens is 2. The second-order valence-electron chi connectivity index (χ2n) is 4.15. The summed E-state index contributed by atoms with van der Waals surface area (Å²) in [5, 5.41) is 6.34. The van der Waals surface area contributed by atoms with Crippen LogP contribution in [0.25, 0.3) is 0 Å². The van der Waals surface area contributed by atoms with Crippen molar-refractivity contribution in [2.24, 2.45) is 5.92 Å². The molecule has 0 saturated carbocycles. The van der Waals surface area contributed by atoms with Crippen LogP contribution in [0, 0.1) is 5.92 Å². The van der Waals surface area contributed by atoms with E-state index in [1.165, 1.54) is 11.3 Å². The summed E-state index contributed by atoms with van der Waals surface area (Å²) >= 11 is 7.12. The van der Waals surface area contributed by atoms with Gasteiger partial charge in [0.2, 0.25) is 0 Å². The molecule has 1 amide bonds. The first-order valence-corrected chi connectivity index (χ1v) is 6.63. The van der Waals surface area contributed by atoms with E-state index in [0.717, 1.165) is 19.5 Å². The molecule has 1 aliphatic rings. The van der Waals surface area contributed by atoms with Gasteiger partial charge >= 0.3 is 0 Å². The van der Waals surface area contributed by atoms with Gasteiger partial charge in [-0.25, -0.2) is 0 Å². The van der Waals surface area contributed by atoms with Gasteiger partial charge in [-0.3, -0.25) is 4.79 Å². The highest BCUT2D eigenvalue weighted by molar-refractivity contribution is 7.17. The lowest BCUT2D eigenvalue weighted by Gasteiger charge is -2.30. The third-order valence-electron chi connectivity index (χ3n) is 2.94. The number of nitrogens with one attached hydrogen (secondary N) is 2. The summed E-state index contributed by atoms with van der Waals surface area (Å²) in [6.07, 6.45) is 1.11. The number of carbonyl (C=O) groups excluding carboxylic acids is 1. The van der Waals surface area contributed by atoms with E-state index >= 15 is 0 Å². The van der Waals surface area contributed by atoms with Crippen LogP contribution in [0.4, 0.5) is 0 Å². The molecule has 2 atom stereocenters. The molecule has 2 N–H and O–H groups in total. The van der Waals surface area contributed by atoms with Gasteiger partial charge in [-0.15, -0.1) is 23.7 Å². The largest absolute Gasteiger partial charge is 0.347 e. The van der Waals surface area contributed by atoms with Crippen LogP contribution in [0.15, 0.2) is 12.1 Å². The average Bonchev–Trinajstić information content (AvgIpc) is 2.68. The molecule has 2 heterocycles. The number of amides is 1. The van der Waals surface area contributed by atoms with Crippen LogP contribution in [0.2, 0.25) is 4.34 Å². The summed E-state index contributed by atoms with van der Waals surface area (Å²) in [5.41, 5.74) is 0. The second-order valence-corrected chi connectivity index (χ2v) is 5.87. The van der Waals surface area contributed by atoms with Gasteiger partial charge in [0.05, 0.1) is 9.21 Å². The van der Waals surface area contributed by atoms with Gasteiger partial charge in [0.25, 0.3) is 5.91 Å². The third kappa shape index (κ3) is 3.85. The second kappa shape index (κ2) is 6.59. The number of hydrogen-bond acceptors (Lipinski definition) is 3. The summed E-state index contributed by atoms with van der Waals surface area (Å²) in [5.74, 6) is 0.512. The van der Waals surface area contributed by atoms with E-state index in [9.17, 15) is 4.79 Å². The van der Waals surface area contributed by atoms with E-state index in [4.69, 9.17) is 11.6 Å². The Hall–Kier alpha value is -0.290. The Balaban J connectivity index is 0.00000144. The number of piperidine rings is 1. The summed E-state index contributed by atoms with van der Waals surface area (Å²) in [4.78, 5) is 12.6. The van der Waals surface area contributed by atoms with E-state index in [1.807, 2.05) is 0 Å². The Morgan fingerprint density at radius 2 is 2.35 bits per heavy atom. The molecule has 1 fully saturated rings. The van der Waals surface area contributed by atoms with Crippen molar-refractivity contribution in [3.63, 3.8) is 0 Å². The normalized spacial score (nSPS) is 23.9. The standard InChI is InChI=1S/C11H15ClN2OS.ClH/c1-7-4-5-13-6-8(7)14-11(15)9-2-3-10(12)16-9;/h2-3,7-8,13H,4-6H2,1H3,(H,14,15);1H.